The Balaban J connectivity index is 2.04. The molecule has 2 fully saturated rings. The second kappa shape index (κ2) is 6.64. The summed E-state index contributed by atoms with van der Waals surface area (Å²) in [5.74, 6) is -1.54. The fourth-order valence-electron chi connectivity index (χ4n) is 3.09. The maximum Gasteiger partial charge on any atom is 0.277 e. The minimum atomic E-state index is -0.805. The van der Waals surface area contributed by atoms with Gasteiger partial charge in [0.25, 0.3) is 5.91 Å². The lowest BCUT2D eigenvalue weighted by Crippen LogP contribution is -2.44. The van der Waals surface area contributed by atoms with Crippen molar-refractivity contribution >= 4 is 5.91 Å². The molecule has 0 unspecified atom stereocenters. The first-order valence-corrected chi connectivity index (χ1v) is 8.04. The number of carbonyl (C=O) groups is 1. The van der Waals surface area contributed by atoms with Crippen molar-refractivity contribution in [2.24, 2.45) is 5.92 Å². The fraction of sp³-hybridized carbons (Fsp3) is 0.938. The largest absolute Gasteiger partial charge is 0.348 e. The van der Waals surface area contributed by atoms with Gasteiger partial charge in [-0.1, -0.05) is 6.92 Å². The van der Waals surface area contributed by atoms with Gasteiger partial charge in [0.1, 0.15) is 0 Å². The minimum Gasteiger partial charge on any atom is -0.348 e. The van der Waals surface area contributed by atoms with E-state index in [1.807, 2.05) is 34.6 Å². The molecule has 23 heavy (non-hydrogen) atoms. The van der Waals surface area contributed by atoms with Crippen molar-refractivity contribution in [1.29, 1.82) is 0 Å². The molecule has 0 aliphatic carbocycles. The molecule has 134 valence electrons. The van der Waals surface area contributed by atoms with Crippen LogP contribution in [0, 0.1) is 5.92 Å². The number of hydroxylamine groups is 2. The van der Waals surface area contributed by atoms with Crippen molar-refractivity contribution in [2.75, 3.05) is 20.8 Å². The van der Waals surface area contributed by atoms with E-state index < -0.39 is 17.7 Å². The van der Waals surface area contributed by atoms with Crippen LogP contribution in [0.3, 0.4) is 0 Å². The van der Waals surface area contributed by atoms with Crippen molar-refractivity contribution in [3.8, 4) is 0 Å². The average molecular weight is 331 g/mol. The molecule has 7 nitrogen and oxygen atoms in total. The maximum atomic E-state index is 12.5. The third kappa shape index (κ3) is 4.42. The zero-order valence-corrected chi connectivity index (χ0v) is 15.1. The summed E-state index contributed by atoms with van der Waals surface area (Å²) in [6, 6.07) is 0. The number of nitrogens with zero attached hydrogens (tertiary/aromatic N) is 1. The van der Waals surface area contributed by atoms with Crippen LogP contribution in [0.1, 0.15) is 41.0 Å². The highest BCUT2D eigenvalue weighted by atomic mass is 16.8. The van der Waals surface area contributed by atoms with Crippen LogP contribution in [0.25, 0.3) is 0 Å². The van der Waals surface area contributed by atoms with E-state index >= 15 is 0 Å². The average Bonchev–Trinajstić information content (AvgIpc) is 2.96. The highest BCUT2D eigenvalue weighted by molar-refractivity contribution is 5.80. The van der Waals surface area contributed by atoms with Gasteiger partial charge in [-0.05, 0) is 40.0 Å². The Morgan fingerprint density at radius 1 is 1.22 bits per heavy atom. The van der Waals surface area contributed by atoms with Crippen molar-refractivity contribution in [1.82, 2.24) is 5.06 Å². The SMILES string of the molecule is CON(C)C(=O)[C@@H]1OC(C)(C)O[C@H]1[C@H](C)C[C@@H]1COC(C)(C)O1. The maximum absolute atomic E-state index is 12.5. The molecule has 0 N–H and O–H groups in total. The Bertz CT molecular complexity index is 438. The van der Waals surface area contributed by atoms with Crippen molar-refractivity contribution in [3.63, 3.8) is 0 Å². The van der Waals surface area contributed by atoms with Gasteiger partial charge in [-0.25, -0.2) is 5.06 Å². The molecule has 2 rings (SSSR count). The molecular formula is C16H29NO6. The predicted octanol–water partition coefficient (Wildman–Crippen LogP) is 1.70. The first kappa shape index (κ1) is 18.6. The first-order chi connectivity index (χ1) is 10.5. The number of carbonyl (C=O) groups excluding carboxylic acids is 1. The molecule has 0 bridgehead atoms. The van der Waals surface area contributed by atoms with Gasteiger partial charge < -0.3 is 18.9 Å². The van der Waals surface area contributed by atoms with Crippen molar-refractivity contribution in [3.05, 3.63) is 0 Å². The third-order valence-electron chi connectivity index (χ3n) is 4.22. The highest BCUT2D eigenvalue weighted by Crippen LogP contribution is 2.36. The summed E-state index contributed by atoms with van der Waals surface area (Å²) in [6.45, 7) is 10.0. The first-order valence-electron chi connectivity index (χ1n) is 8.04. The molecule has 2 saturated heterocycles. The van der Waals surface area contributed by atoms with E-state index in [-0.39, 0.29) is 24.0 Å². The number of rotatable bonds is 5. The van der Waals surface area contributed by atoms with Crippen LogP contribution in [-0.4, -0.2) is 61.6 Å². The monoisotopic (exact) mass is 331 g/mol. The molecule has 0 radical (unpaired) electrons. The number of amides is 1. The van der Waals surface area contributed by atoms with Gasteiger partial charge in [-0.15, -0.1) is 0 Å². The highest BCUT2D eigenvalue weighted by Gasteiger charge is 2.49. The Kier molecular flexibility index (Phi) is 5.37. The molecule has 0 aromatic heterocycles. The van der Waals surface area contributed by atoms with Crippen LogP contribution >= 0.6 is 0 Å². The third-order valence-corrected chi connectivity index (χ3v) is 4.22. The van der Waals surface area contributed by atoms with E-state index in [4.69, 9.17) is 23.8 Å². The lowest BCUT2D eigenvalue weighted by molar-refractivity contribution is -0.187. The molecule has 0 aromatic rings. The van der Waals surface area contributed by atoms with Gasteiger partial charge in [0.15, 0.2) is 17.7 Å². The molecule has 1 amide bonds. The van der Waals surface area contributed by atoms with Gasteiger partial charge in [-0.2, -0.15) is 0 Å². The summed E-state index contributed by atoms with van der Waals surface area (Å²) in [5, 5.41) is 1.17. The van der Waals surface area contributed by atoms with Crippen LogP contribution in [-0.2, 0) is 28.6 Å². The number of hydrogen-bond acceptors (Lipinski definition) is 6. The van der Waals surface area contributed by atoms with Crippen molar-refractivity contribution < 1.29 is 28.6 Å². The number of likely N-dealkylation sites (N-methyl/N-ethyl adjacent to an activating group) is 1. The molecular weight excluding hydrogens is 302 g/mol. The Labute approximate surface area is 138 Å². The predicted molar refractivity (Wildman–Crippen MR) is 82.3 cm³/mol. The van der Waals surface area contributed by atoms with Gasteiger partial charge in [-0.3, -0.25) is 9.63 Å². The zero-order valence-electron chi connectivity index (χ0n) is 15.1. The van der Waals surface area contributed by atoms with Gasteiger partial charge in [0.05, 0.1) is 25.9 Å². The summed E-state index contributed by atoms with van der Waals surface area (Å²) in [5.41, 5.74) is 0. The molecule has 0 saturated carbocycles. The Hall–Kier alpha value is -0.730. The number of hydrogen-bond donors (Lipinski definition) is 0. The molecule has 2 heterocycles. The molecule has 0 aromatic carbocycles. The summed E-state index contributed by atoms with van der Waals surface area (Å²) in [7, 11) is 3.01. The summed E-state index contributed by atoms with van der Waals surface area (Å²) in [6.07, 6.45) is -0.334. The molecule has 7 heteroatoms. The molecule has 0 spiro atoms. The Morgan fingerprint density at radius 3 is 2.39 bits per heavy atom. The molecule has 2 aliphatic heterocycles. The topological polar surface area (TPSA) is 66.5 Å². The standard InChI is InChI=1S/C16H29NO6/c1-10(8-11-9-20-15(2,3)21-11)12-13(14(18)17(6)19-7)23-16(4,5)22-12/h10-13H,8-9H2,1-7H3/t10-,11-,12+,13-/m1/s1. The fourth-order valence-corrected chi connectivity index (χ4v) is 3.09. The van der Waals surface area contributed by atoms with E-state index in [1.54, 1.807) is 7.05 Å². The van der Waals surface area contributed by atoms with Gasteiger partial charge >= 0.3 is 0 Å². The number of ether oxygens (including phenoxy) is 4. The van der Waals surface area contributed by atoms with E-state index in [2.05, 4.69) is 0 Å². The molecule has 4 atom stereocenters. The lowest BCUT2D eigenvalue weighted by Gasteiger charge is -2.26. The smallest absolute Gasteiger partial charge is 0.277 e. The Morgan fingerprint density at radius 2 is 1.87 bits per heavy atom. The second-order valence-electron chi connectivity index (χ2n) is 7.20. The van der Waals surface area contributed by atoms with Gasteiger partial charge in [0, 0.05) is 7.05 Å². The quantitative estimate of drug-likeness (QED) is 0.715. The van der Waals surface area contributed by atoms with Crippen LogP contribution in [0.4, 0.5) is 0 Å². The van der Waals surface area contributed by atoms with E-state index in [9.17, 15) is 4.79 Å². The van der Waals surface area contributed by atoms with Crippen molar-refractivity contribution in [2.45, 2.75) is 70.9 Å². The normalized spacial score (nSPS) is 33.6. The lowest BCUT2D eigenvalue weighted by atomic mass is 9.93. The minimum absolute atomic E-state index is 0.0109. The van der Waals surface area contributed by atoms with Crippen LogP contribution in [0.2, 0.25) is 0 Å². The summed E-state index contributed by atoms with van der Waals surface area (Å²) in [4.78, 5) is 17.4. The van der Waals surface area contributed by atoms with Crippen LogP contribution < -0.4 is 0 Å². The summed E-state index contributed by atoms with van der Waals surface area (Å²) < 4.78 is 23.2. The van der Waals surface area contributed by atoms with Crippen LogP contribution in [0.15, 0.2) is 0 Å². The second-order valence-corrected chi connectivity index (χ2v) is 7.20. The van der Waals surface area contributed by atoms with E-state index in [0.717, 1.165) is 6.42 Å². The van der Waals surface area contributed by atoms with E-state index in [0.29, 0.717) is 6.61 Å². The molecule has 2 aliphatic rings. The zero-order chi connectivity index (χ0) is 17.4. The van der Waals surface area contributed by atoms with Gasteiger partial charge in [0.2, 0.25) is 0 Å². The van der Waals surface area contributed by atoms with Crippen LogP contribution in [0.5, 0.6) is 0 Å². The summed E-state index contributed by atoms with van der Waals surface area (Å²) >= 11 is 0. The van der Waals surface area contributed by atoms with E-state index in [1.165, 1.54) is 12.2 Å².